The normalized spacial score (nSPS) is 24.6. The third kappa shape index (κ3) is 2.77. The van der Waals surface area contributed by atoms with E-state index >= 15 is 0 Å². The Morgan fingerprint density at radius 3 is 2.54 bits per heavy atom. The van der Waals surface area contributed by atoms with Crippen molar-refractivity contribution in [3.63, 3.8) is 0 Å². The van der Waals surface area contributed by atoms with E-state index in [4.69, 9.17) is 0 Å². The Morgan fingerprint density at radius 2 is 1.96 bits per heavy atom. The highest BCUT2D eigenvalue weighted by Gasteiger charge is 2.54. The summed E-state index contributed by atoms with van der Waals surface area (Å²) in [6.45, 7) is 4.66. The largest absolute Gasteiger partial charge is 0.383 e. The molecule has 0 saturated heterocycles. The van der Waals surface area contributed by atoms with Gasteiger partial charge in [0.1, 0.15) is 24.1 Å². The van der Waals surface area contributed by atoms with Crippen LogP contribution in [-0.2, 0) is 6.54 Å². The second-order valence-electron chi connectivity index (χ2n) is 6.66. The molecule has 4 nitrogen and oxygen atoms in total. The molecule has 1 aromatic carbocycles. The average Bonchev–Trinajstić information content (AvgIpc) is 3.17. The number of hydrogen-bond donors (Lipinski definition) is 1. The molecule has 1 aromatic heterocycles. The summed E-state index contributed by atoms with van der Waals surface area (Å²) in [5.74, 6) is -0.252. The van der Waals surface area contributed by atoms with Crippen LogP contribution in [-0.4, -0.2) is 25.5 Å². The summed E-state index contributed by atoms with van der Waals surface area (Å²) in [5.41, 5.74) is 0.753. The second-order valence-corrected chi connectivity index (χ2v) is 6.66. The monoisotopic (exact) mass is 329 g/mol. The van der Waals surface area contributed by atoms with Crippen molar-refractivity contribution in [1.29, 1.82) is 0 Å². The zero-order chi connectivity index (χ0) is 17.2. The fourth-order valence-electron chi connectivity index (χ4n) is 4.09. The van der Waals surface area contributed by atoms with Crippen LogP contribution in [0.25, 0.3) is 6.08 Å². The minimum absolute atomic E-state index is 0.176. The molecule has 1 N–H and O–H groups in total. The number of nitrogens with zero attached hydrogens (tertiary/aromatic N) is 3. The van der Waals surface area contributed by atoms with E-state index in [9.17, 15) is 9.50 Å². The van der Waals surface area contributed by atoms with Crippen molar-refractivity contribution >= 4 is 6.08 Å². The summed E-state index contributed by atoms with van der Waals surface area (Å²) < 4.78 is 14.8. The minimum Gasteiger partial charge on any atom is -0.383 e. The lowest BCUT2D eigenvalue weighted by atomic mass is 9.69. The van der Waals surface area contributed by atoms with E-state index in [-0.39, 0.29) is 11.2 Å². The lowest BCUT2D eigenvalue weighted by molar-refractivity contribution is -0.0547. The van der Waals surface area contributed by atoms with Gasteiger partial charge < -0.3 is 5.11 Å². The summed E-state index contributed by atoms with van der Waals surface area (Å²) in [5, 5.41) is 15.9. The SMILES string of the molecule is CCC1(CC)CC/C(=C/c2ccc(F)cc2)C1(O)Cn1cncn1. The van der Waals surface area contributed by atoms with Crippen molar-refractivity contribution in [1.82, 2.24) is 14.8 Å². The molecule has 1 saturated carbocycles. The van der Waals surface area contributed by atoms with Crippen LogP contribution in [0.3, 0.4) is 0 Å². The van der Waals surface area contributed by atoms with Crippen LogP contribution < -0.4 is 0 Å². The van der Waals surface area contributed by atoms with Crippen molar-refractivity contribution in [2.75, 3.05) is 0 Å². The Bertz CT molecular complexity index is 705. The van der Waals surface area contributed by atoms with Gasteiger partial charge in [-0.1, -0.05) is 32.1 Å². The van der Waals surface area contributed by atoms with Gasteiger partial charge in [-0.2, -0.15) is 5.10 Å². The summed E-state index contributed by atoms with van der Waals surface area (Å²) in [6, 6.07) is 6.39. The fourth-order valence-corrected chi connectivity index (χ4v) is 4.09. The zero-order valence-electron chi connectivity index (χ0n) is 14.2. The molecule has 1 aliphatic rings. The van der Waals surface area contributed by atoms with Gasteiger partial charge in [-0.25, -0.2) is 14.1 Å². The van der Waals surface area contributed by atoms with Gasteiger partial charge in [0.2, 0.25) is 0 Å². The standard InChI is InChI=1S/C19H24FN3O/c1-3-18(4-2)10-9-16(11-15-5-7-17(20)8-6-15)19(18,24)12-23-14-21-13-22-23/h5-8,11,13-14,24H,3-4,9-10,12H2,1-2H3/b16-11-. The smallest absolute Gasteiger partial charge is 0.137 e. The topological polar surface area (TPSA) is 50.9 Å². The highest BCUT2D eigenvalue weighted by Crippen LogP contribution is 2.55. The van der Waals surface area contributed by atoms with Crippen LogP contribution in [0.2, 0.25) is 0 Å². The summed E-state index contributed by atoms with van der Waals surface area (Å²) in [7, 11) is 0. The number of rotatable bonds is 5. The molecule has 128 valence electrons. The molecule has 0 bridgehead atoms. The van der Waals surface area contributed by atoms with Crippen molar-refractivity contribution in [3.05, 3.63) is 53.9 Å². The van der Waals surface area contributed by atoms with Gasteiger partial charge in [-0.05, 0) is 49.0 Å². The Labute approximate surface area is 142 Å². The maximum atomic E-state index is 13.1. The van der Waals surface area contributed by atoms with Crippen LogP contribution in [0.4, 0.5) is 4.39 Å². The van der Waals surface area contributed by atoms with Crippen molar-refractivity contribution in [3.8, 4) is 0 Å². The van der Waals surface area contributed by atoms with Gasteiger partial charge in [0.25, 0.3) is 0 Å². The molecule has 1 fully saturated rings. The molecule has 2 aromatic rings. The molecule has 5 heteroatoms. The van der Waals surface area contributed by atoms with E-state index in [1.165, 1.54) is 18.5 Å². The van der Waals surface area contributed by atoms with Crippen molar-refractivity contribution in [2.24, 2.45) is 5.41 Å². The quantitative estimate of drug-likeness (QED) is 0.907. The van der Waals surface area contributed by atoms with Crippen LogP contribution in [0, 0.1) is 11.2 Å². The first-order valence-corrected chi connectivity index (χ1v) is 8.54. The minimum atomic E-state index is -0.974. The first-order chi connectivity index (χ1) is 11.5. The van der Waals surface area contributed by atoms with Gasteiger partial charge in [-0.15, -0.1) is 0 Å². The lowest BCUT2D eigenvalue weighted by Gasteiger charge is -2.42. The molecule has 1 heterocycles. The van der Waals surface area contributed by atoms with Gasteiger partial charge in [0.05, 0.1) is 6.54 Å². The van der Waals surface area contributed by atoms with E-state index in [0.29, 0.717) is 6.54 Å². The van der Waals surface area contributed by atoms with Gasteiger partial charge in [-0.3, -0.25) is 0 Å². The number of benzene rings is 1. The summed E-state index contributed by atoms with van der Waals surface area (Å²) in [4.78, 5) is 3.99. The molecule has 24 heavy (non-hydrogen) atoms. The highest BCUT2D eigenvalue weighted by atomic mass is 19.1. The maximum Gasteiger partial charge on any atom is 0.137 e. The molecule has 0 amide bonds. The van der Waals surface area contributed by atoms with Gasteiger partial charge >= 0.3 is 0 Å². The Kier molecular flexibility index (Phi) is 4.54. The predicted molar refractivity (Wildman–Crippen MR) is 91.6 cm³/mol. The number of aliphatic hydroxyl groups is 1. The molecule has 0 spiro atoms. The maximum absolute atomic E-state index is 13.1. The second kappa shape index (κ2) is 6.48. The fraction of sp³-hybridized carbons (Fsp3) is 0.474. The molecule has 3 rings (SSSR count). The van der Waals surface area contributed by atoms with E-state index in [0.717, 1.165) is 36.8 Å². The van der Waals surface area contributed by atoms with Crippen LogP contribution in [0.15, 0.2) is 42.5 Å². The van der Waals surface area contributed by atoms with E-state index in [1.54, 1.807) is 23.1 Å². The third-order valence-corrected chi connectivity index (χ3v) is 5.70. The average molecular weight is 329 g/mol. The molecule has 0 aliphatic heterocycles. The van der Waals surface area contributed by atoms with Gasteiger partial charge in [0, 0.05) is 5.41 Å². The molecular formula is C19H24FN3O. The van der Waals surface area contributed by atoms with Crippen LogP contribution in [0.1, 0.15) is 45.1 Å². The van der Waals surface area contributed by atoms with Gasteiger partial charge in [0.15, 0.2) is 0 Å². The van der Waals surface area contributed by atoms with Crippen LogP contribution in [0.5, 0.6) is 0 Å². The molecule has 1 aliphatic carbocycles. The summed E-state index contributed by atoms with van der Waals surface area (Å²) >= 11 is 0. The van der Waals surface area contributed by atoms with E-state index in [1.807, 2.05) is 6.08 Å². The molecule has 1 unspecified atom stereocenters. The van der Waals surface area contributed by atoms with E-state index in [2.05, 4.69) is 23.9 Å². The highest BCUT2D eigenvalue weighted by molar-refractivity contribution is 5.57. The number of halogens is 1. The zero-order valence-corrected chi connectivity index (χ0v) is 14.2. The third-order valence-electron chi connectivity index (χ3n) is 5.70. The molecule has 1 atom stereocenters. The molecule has 0 radical (unpaired) electrons. The van der Waals surface area contributed by atoms with E-state index < -0.39 is 5.60 Å². The van der Waals surface area contributed by atoms with Crippen molar-refractivity contribution < 1.29 is 9.50 Å². The van der Waals surface area contributed by atoms with Crippen molar-refractivity contribution in [2.45, 2.75) is 51.7 Å². The number of aromatic nitrogens is 3. The lowest BCUT2D eigenvalue weighted by Crippen LogP contribution is -2.48. The summed E-state index contributed by atoms with van der Waals surface area (Å²) in [6.07, 6.45) is 8.71. The predicted octanol–water partition coefficient (Wildman–Crippen LogP) is 3.83. The van der Waals surface area contributed by atoms with Crippen LogP contribution >= 0.6 is 0 Å². The Hall–Kier alpha value is -2.01. The Balaban J connectivity index is 2.02. The first-order valence-electron chi connectivity index (χ1n) is 8.54. The Morgan fingerprint density at radius 1 is 1.25 bits per heavy atom. The number of hydrogen-bond acceptors (Lipinski definition) is 3. The molecular weight excluding hydrogens is 305 g/mol. The first kappa shape index (κ1) is 16.8.